The van der Waals surface area contributed by atoms with E-state index in [0.717, 1.165) is 12.0 Å². The Labute approximate surface area is 83.4 Å². The van der Waals surface area contributed by atoms with Crippen LogP contribution >= 0.6 is 11.3 Å². The smallest absolute Gasteiger partial charge is 0.0856 e. The Morgan fingerprint density at radius 2 is 2.31 bits per heavy atom. The Morgan fingerprint density at radius 3 is 2.69 bits per heavy atom. The van der Waals surface area contributed by atoms with Gasteiger partial charge in [0, 0.05) is 10.3 Å². The average Bonchev–Trinajstić information content (AvgIpc) is 2.83. The van der Waals surface area contributed by atoms with Crippen LogP contribution in [0.3, 0.4) is 0 Å². The van der Waals surface area contributed by atoms with Crippen LogP contribution in [0.1, 0.15) is 42.7 Å². The van der Waals surface area contributed by atoms with Gasteiger partial charge in [0.15, 0.2) is 0 Å². The van der Waals surface area contributed by atoms with E-state index >= 15 is 0 Å². The monoisotopic (exact) mass is 196 g/mol. The van der Waals surface area contributed by atoms with E-state index in [0.29, 0.717) is 0 Å². The molecule has 1 unspecified atom stereocenters. The first-order chi connectivity index (χ1) is 6.19. The molecule has 0 aromatic carbocycles. The van der Waals surface area contributed by atoms with Crippen molar-refractivity contribution in [1.82, 2.24) is 0 Å². The molecule has 2 heteroatoms. The van der Waals surface area contributed by atoms with Crippen LogP contribution in [0.5, 0.6) is 0 Å². The lowest BCUT2D eigenvalue weighted by Crippen LogP contribution is -2.12. The van der Waals surface area contributed by atoms with E-state index < -0.39 is 0 Å². The van der Waals surface area contributed by atoms with Crippen LogP contribution in [0.4, 0.5) is 0 Å². The van der Waals surface area contributed by atoms with Gasteiger partial charge >= 0.3 is 0 Å². The summed E-state index contributed by atoms with van der Waals surface area (Å²) in [5.74, 6) is 0. The Hall–Kier alpha value is -0.340. The van der Waals surface area contributed by atoms with Crippen LogP contribution in [0, 0.1) is 12.3 Å². The van der Waals surface area contributed by atoms with Crippen molar-refractivity contribution in [3.8, 4) is 0 Å². The molecule has 0 amide bonds. The molecule has 1 N–H and O–H groups in total. The zero-order chi connectivity index (χ0) is 9.47. The van der Waals surface area contributed by atoms with Crippen LogP contribution in [-0.4, -0.2) is 5.11 Å². The van der Waals surface area contributed by atoms with Gasteiger partial charge in [0.25, 0.3) is 0 Å². The Morgan fingerprint density at radius 1 is 1.62 bits per heavy atom. The van der Waals surface area contributed by atoms with Gasteiger partial charge in [0.1, 0.15) is 0 Å². The van der Waals surface area contributed by atoms with E-state index in [4.69, 9.17) is 0 Å². The normalized spacial score (nSPS) is 21.5. The number of aliphatic hydroxyl groups is 1. The molecule has 0 spiro atoms. The molecular weight excluding hydrogens is 180 g/mol. The van der Waals surface area contributed by atoms with E-state index in [1.165, 1.54) is 17.7 Å². The zero-order valence-corrected chi connectivity index (χ0v) is 9.03. The fourth-order valence-corrected chi connectivity index (χ4v) is 2.72. The first kappa shape index (κ1) is 9.22. The molecule has 13 heavy (non-hydrogen) atoms. The average molecular weight is 196 g/mol. The second-order valence-electron chi connectivity index (χ2n) is 4.05. The molecule has 0 saturated heterocycles. The van der Waals surface area contributed by atoms with Gasteiger partial charge in [-0.1, -0.05) is 6.92 Å². The maximum Gasteiger partial charge on any atom is 0.0856 e. The van der Waals surface area contributed by atoms with Crippen LogP contribution in [0.15, 0.2) is 11.4 Å². The molecule has 1 nitrogen and oxygen atoms in total. The van der Waals surface area contributed by atoms with Gasteiger partial charge in [-0.2, -0.15) is 0 Å². The molecule has 1 aromatic rings. The standard InChI is InChI=1S/C11H16OS/c1-3-11(5-6-11)10(12)9-4-7-13-8(9)2/h4,7,10,12H,3,5-6H2,1-2H3. The molecule has 0 aliphatic heterocycles. The number of hydrogen-bond donors (Lipinski definition) is 1. The fraction of sp³-hybridized carbons (Fsp3) is 0.636. The highest BCUT2D eigenvalue weighted by Gasteiger charge is 2.48. The first-order valence-electron chi connectivity index (χ1n) is 4.92. The van der Waals surface area contributed by atoms with E-state index in [2.05, 4.69) is 25.3 Å². The van der Waals surface area contributed by atoms with Crippen molar-refractivity contribution >= 4 is 11.3 Å². The Bertz CT molecular complexity index is 299. The highest BCUT2D eigenvalue weighted by molar-refractivity contribution is 7.10. The van der Waals surface area contributed by atoms with E-state index in [1.54, 1.807) is 11.3 Å². The predicted molar refractivity (Wildman–Crippen MR) is 56.0 cm³/mol. The third-order valence-corrected chi connectivity index (χ3v) is 4.23. The molecule has 0 bridgehead atoms. The van der Waals surface area contributed by atoms with Gasteiger partial charge in [0.2, 0.25) is 0 Å². The van der Waals surface area contributed by atoms with Gasteiger partial charge in [-0.25, -0.2) is 0 Å². The van der Waals surface area contributed by atoms with Gasteiger partial charge < -0.3 is 5.11 Å². The summed E-state index contributed by atoms with van der Waals surface area (Å²) in [5, 5.41) is 12.3. The van der Waals surface area contributed by atoms with Crippen molar-refractivity contribution in [1.29, 1.82) is 0 Å². The van der Waals surface area contributed by atoms with Crippen molar-refractivity contribution in [2.75, 3.05) is 0 Å². The summed E-state index contributed by atoms with van der Waals surface area (Å²) in [6.45, 7) is 4.27. The van der Waals surface area contributed by atoms with Crippen LogP contribution in [0.2, 0.25) is 0 Å². The van der Waals surface area contributed by atoms with Crippen molar-refractivity contribution in [2.45, 2.75) is 39.2 Å². The fourth-order valence-electron chi connectivity index (χ4n) is 1.99. The maximum absolute atomic E-state index is 10.2. The molecule has 1 aliphatic carbocycles. The highest BCUT2D eigenvalue weighted by Crippen LogP contribution is 2.57. The number of hydrogen-bond acceptors (Lipinski definition) is 2. The second-order valence-corrected chi connectivity index (χ2v) is 5.17. The predicted octanol–water partition coefficient (Wildman–Crippen LogP) is 3.28. The SMILES string of the molecule is CCC1(C(O)c2ccsc2C)CC1. The van der Waals surface area contributed by atoms with Gasteiger partial charge in [-0.3, -0.25) is 0 Å². The third kappa shape index (κ3) is 1.42. The molecule has 1 atom stereocenters. The van der Waals surface area contributed by atoms with E-state index in [-0.39, 0.29) is 11.5 Å². The Balaban J connectivity index is 2.22. The van der Waals surface area contributed by atoms with E-state index in [9.17, 15) is 5.11 Å². The van der Waals surface area contributed by atoms with Crippen LogP contribution in [0.25, 0.3) is 0 Å². The zero-order valence-electron chi connectivity index (χ0n) is 8.21. The molecule has 1 fully saturated rings. The second kappa shape index (κ2) is 3.10. The summed E-state index contributed by atoms with van der Waals surface area (Å²) in [7, 11) is 0. The minimum atomic E-state index is -0.219. The summed E-state index contributed by atoms with van der Waals surface area (Å²) in [4.78, 5) is 1.27. The number of aliphatic hydroxyl groups excluding tert-OH is 1. The molecule has 1 aromatic heterocycles. The van der Waals surface area contributed by atoms with Gasteiger partial charge in [0.05, 0.1) is 6.10 Å². The lowest BCUT2D eigenvalue weighted by molar-refractivity contribution is 0.0901. The molecule has 2 rings (SSSR count). The molecule has 72 valence electrons. The number of rotatable bonds is 3. The first-order valence-corrected chi connectivity index (χ1v) is 5.79. The summed E-state index contributed by atoms with van der Waals surface area (Å²) < 4.78 is 0. The topological polar surface area (TPSA) is 20.2 Å². The lowest BCUT2D eigenvalue weighted by Gasteiger charge is -2.20. The maximum atomic E-state index is 10.2. The van der Waals surface area contributed by atoms with Crippen molar-refractivity contribution < 1.29 is 5.11 Å². The molecule has 1 aliphatic rings. The minimum absolute atomic E-state index is 0.219. The van der Waals surface area contributed by atoms with Gasteiger partial charge in [-0.15, -0.1) is 11.3 Å². The summed E-state index contributed by atoms with van der Waals surface area (Å²) in [5.41, 5.74) is 1.38. The summed E-state index contributed by atoms with van der Waals surface area (Å²) >= 11 is 1.73. The number of aryl methyl sites for hydroxylation is 1. The lowest BCUT2D eigenvalue weighted by atomic mass is 9.91. The Kier molecular flexibility index (Phi) is 2.20. The van der Waals surface area contributed by atoms with Gasteiger partial charge in [-0.05, 0) is 43.2 Å². The van der Waals surface area contributed by atoms with Crippen molar-refractivity contribution in [2.24, 2.45) is 5.41 Å². The van der Waals surface area contributed by atoms with Crippen molar-refractivity contribution in [3.05, 3.63) is 21.9 Å². The summed E-state index contributed by atoms with van der Waals surface area (Å²) in [6, 6.07) is 2.07. The third-order valence-electron chi connectivity index (χ3n) is 3.37. The molecule has 1 saturated carbocycles. The molecule has 1 heterocycles. The highest BCUT2D eigenvalue weighted by atomic mass is 32.1. The summed E-state index contributed by atoms with van der Waals surface area (Å²) in [6.07, 6.45) is 3.27. The largest absolute Gasteiger partial charge is 0.388 e. The number of thiophene rings is 1. The quantitative estimate of drug-likeness (QED) is 0.786. The van der Waals surface area contributed by atoms with Crippen LogP contribution in [-0.2, 0) is 0 Å². The molecule has 0 radical (unpaired) electrons. The molecular formula is C11H16OS. The minimum Gasteiger partial charge on any atom is -0.388 e. The van der Waals surface area contributed by atoms with Crippen LogP contribution < -0.4 is 0 Å². The van der Waals surface area contributed by atoms with E-state index in [1.807, 2.05) is 0 Å². The van der Waals surface area contributed by atoms with Crippen molar-refractivity contribution in [3.63, 3.8) is 0 Å².